The van der Waals surface area contributed by atoms with Crippen molar-refractivity contribution in [3.63, 3.8) is 0 Å². The van der Waals surface area contributed by atoms with Gasteiger partial charge < -0.3 is 5.11 Å². The summed E-state index contributed by atoms with van der Waals surface area (Å²) in [6, 6.07) is 4.49. The van der Waals surface area contributed by atoms with Crippen molar-refractivity contribution in [1.82, 2.24) is 4.72 Å². The lowest BCUT2D eigenvalue weighted by Crippen LogP contribution is -2.40. The summed E-state index contributed by atoms with van der Waals surface area (Å²) in [5, 5.41) is 18.5. The van der Waals surface area contributed by atoms with Crippen LogP contribution in [0.5, 0.6) is 0 Å². The molecule has 0 spiro atoms. The Labute approximate surface area is 122 Å². The molecule has 0 saturated carbocycles. The maximum Gasteiger partial charge on any atom is 0.211 e. The van der Waals surface area contributed by atoms with E-state index in [4.69, 9.17) is 5.26 Å². The van der Waals surface area contributed by atoms with Gasteiger partial charge in [0.05, 0.1) is 11.8 Å². The molecule has 1 rings (SSSR count). The number of nitrogens with one attached hydrogen (secondary N) is 1. The van der Waals surface area contributed by atoms with Gasteiger partial charge in [-0.25, -0.2) is 21.9 Å². The van der Waals surface area contributed by atoms with Crippen LogP contribution in [0.1, 0.15) is 25.3 Å². The van der Waals surface area contributed by atoms with E-state index >= 15 is 0 Å². The minimum atomic E-state index is -3.67. The minimum absolute atomic E-state index is 0.101. The average Bonchev–Trinajstić information content (AvgIpc) is 2.36. The topological polar surface area (TPSA) is 90.2 Å². The molecule has 1 atom stereocenters. The van der Waals surface area contributed by atoms with Gasteiger partial charge in [-0.3, -0.25) is 0 Å². The lowest BCUT2D eigenvalue weighted by atomic mass is 9.96. The lowest BCUT2D eigenvalue weighted by Gasteiger charge is -2.24. The van der Waals surface area contributed by atoms with Crippen LogP contribution in [-0.4, -0.2) is 25.8 Å². The largest absolute Gasteiger partial charge is 0.384 e. The molecule has 116 valence electrons. The van der Waals surface area contributed by atoms with Gasteiger partial charge in [-0.2, -0.15) is 5.26 Å². The molecule has 5 nitrogen and oxygen atoms in total. The normalized spacial score (nSPS) is 14.4. The minimum Gasteiger partial charge on any atom is -0.384 e. The third kappa shape index (κ3) is 5.38. The Balaban J connectivity index is 2.75. The number of halogens is 2. The zero-order chi connectivity index (χ0) is 16.1. The van der Waals surface area contributed by atoms with Gasteiger partial charge in [0.1, 0.15) is 17.2 Å². The molecule has 21 heavy (non-hydrogen) atoms. The highest BCUT2D eigenvalue weighted by molar-refractivity contribution is 7.89. The number of hydrogen-bond acceptors (Lipinski definition) is 4. The Morgan fingerprint density at radius 2 is 2.10 bits per heavy atom. The van der Waals surface area contributed by atoms with Gasteiger partial charge in [-0.05, 0) is 19.4 Å². The maximum absolute atomic E-state index is 13.6. The van der Waals surface area contributed by atoms with E-state index in [2.05, 4.69) is 4.72 Å². The Bertz CT molecular complexity index is 639. The van der Waals surface area contributed by atoms with E-state index in [1.807, 2.05) is 6.07 Å². The summed E-state index contributed by atoms with van der Waals surface area (Å²) in [4.78, 5) is 0. The van der Waals surface area contributed by atoms with Crippen LogP contribution in [-0.2, 0) is 15.6 Å². The van der Waals surface area contributed by atoms with Gasteiger partial charge in [0.15, 0.2) is 0 Å². The maximum atomic E-state index is 13.6. The van der Waals surface area contributed by atoms with E-state index in [0.29, 0.717) is 6.07 Å². The zero-order valence-corrected chi connectivity index (χ0v) is 12.3. The highest BCUT2D eigenvalue weighted by Crippen LogP contribution is 2.23. The predicted octanol–water partition coefficient (Wildman–Crippen LogP) is 1.40. The van der Waals surface area contributed by atoms with Gasteiger partial charge in [-0.1, -0.05) is 6.07 Å². The van der Waals surface area contributed by atoms with Crippen LogP contribution >= 0.6 is 0 Å². The Morgan fingerprint density at radius 3 is 2.67 bits per heavy atom. The molecule has 0 amide bonds. The van der Waals surface area contributed by atoms with Gasteiger partial charge in [0.2, 0.25) is 10.0 Å². The van der Waals surface area contributed by atoms with Crippen molar-refractivity contribution in [1.29, 1.82) is 5.26 Å². The molecule has 0 aromatic heterocycles. The van der Waals surface area contributed by atoms with Gasteiger partial charge in [-0.15, -0.1) is 0 Å². The average molecular weight is 318 g/mol. The summed E-state index contributed by atoms with van der Waals surface area (Å²) < 4.78 is 51.9. The number of aliphatic hydroxyl groups is 1. The fourth-order valence-corrected chi connectivity index (χ4v) is 2.86. The van der Waals surface area contributed by atoms with Crippen LogP contribution in [0.15, 0.2) is 18.2 Å². The second-order valence-electron chi connectivity index (χ2n) is 4.80. The number of rotatable bonds is 7. The molecule has 0 radical (unpaired) electrons. The highest BCUT2D eigenvalue weighted by Gasteiger charge is 2.28. The molecule has 0 aliphatic heterocycles. The molecule has 1 aromatic carbocycles. The summed E-state index contributed by atoms with van der Waals surface area (Å²) in [5.74, 6) is -2.00. The van der Waals surface area contributed by atoms with Crippen LogP contribution in [0.3, 0.4) is 0 Å². The van der Waals surface area contributed by atoms with E-state index in [-0.39, 0.29) is 24.2 Å². The molecule has 0 aliphatic carbocycles. The van der Waals surface area contributed by atoms with Crippen LogP contribution < -0.4 is 4.72 Å². The highest BCUT2D eigenvalue weighted by atomic mass is 32.2. The standard InChI is InChI=1S/C13H16F2N2O3S/c1-13(18,11-5-4-10(14)8-12(11)15)9-17-21(19,20)7-3-2-6-16/h4-5,8,17-18H,2-3,7,9H2,1H3. The number of unbranched alkanes of at least 4 members (excludes halogenated alkanes) is 1. The van der Waals surface area contributed by atoms with E-state index < -0.39 is 33.8 Å². The molecular formula is C13H16F2N2O3S. The first kappa shape index (κ1) is 17.5. The smallest absolute Gasteiger partial charge is 0.211 e. The van der Waals surface area contributed by atoms with Crippen LogP contribution in [0.4, 0.5) is 8.78 Å². The molecule has 1 aromatic rings. The summed E-state index contributed by atoms with van der Waals surface area (Å²) in [6.45, 7) is 0.769. The Hall–Kier alpha value is -1.56. The SMILES string of the molecule is CC(O)(CNS(=O)(=O)CCCC#N)c1ccc(F)cc1F. The van der Waals surface area contributed by atoms with Crippen LogP contribution in [0.25, 0.3) is 0 Å². The van der Waals surface area contributed by atoms with E-state index in [9.17, 15) is 22.3 Å². The first-order valence-corrected chi connectivity index (χ1v) is 7.85. The van der Waals surface area contributed by atoms with Crippen LogP contribution in [0, 0.1) is 23.0 Å². The summed E-state index contributed by atoms with van der Waals surface area (Å²) >= 11 is 0. The van der Waals surface area contributed by atoms with Crippen molar-refractivity contribution >= 4 is 10.0 Å². The summed E-state index contributed by atoms with van der Waals surface area (Å²) in [5.41, 5.74) is -2.02. The number of hydrogen-bond donors (Lipinski definition) is 2. The van der Waals surface area contributed by atoms with E-state index in [1.165, 1.54) is 6.92 Å². The fourth-order valence-electron chi connectivity index (χ4n) is 1.69. The van der Waals surface area contributed by atoms with Crippen molar-refractivity contribution < 1.29 is 22.3 Å². The summed E-state index contributed by atoms with van der Waals surface area (Å²) in [7, 11) is -3.67. The third-order valence-corrected chi connectivity index (χ3v) is 4.26. The quantitative estimate of drug-likeness (QED) is 0.744. The van der Waals surface area contributed by atoms with Crippen molar-refractivity contribution in [3.8, 4) is 6.07 Å². The number of nitrogens with zero attached hydrogens (tertiary/aromatic N) is 1. The molecule has 0 heterocycles. The fraction of sp³-hybridized carbons (Fsp3) is 0.462. The monoisotopic (exact) mass is 318 g/mol. The molecule has 2 N–H and O–H groups in total. The number of nitriles is 1. The van der Waals surface area contributed by atoms with Gasteiger partial charge in [0.25, 0.3) is 0 Å². The molecule has 8 heteroatoms. The van der Waals surface area contributed by atoms with Crippen molar-refractivity contribution in [2.45, 2.75) is 25.4 Å². The zero-order valence-electron chi connectivity index (χ0n) is 11.4. The molecule has 0 fully saturated rings. The Morgan fingerprint density at radius 1 is 1.43 bits per heavy atom. The second kappa shape index (κ2) is 6.93. The molecular weight excluding hydrogens is 302 g/mol. The third-order valence-electron chi connectivity index (χ3n) is 2.85. The van der Waals surface area contributed by atoms with Crippen molar-refractivity contribution in [2.24, 2.45) is 0 Å². The molecule has 0 aliphatic rings. The number of benzene rings is 1. The molecule has 0 bridgehead atoms. The molecule has 0 saturated heterocycles. The number of sulfonamides is 1. The van der Waals surface area contributed by atoms with E-state index in [1.54, 1.807) is 0 Å². The van der Waals surface area contributed by atoms with E-state index in [0.717, 1.165) is 12.1 Å². The van der Waals surface area contributed by atoms with Crippen LogP contribution in [0.2, 0.25) is 0 Å². The van der Waals surface area contributed by atoms with Gasteiger partial charge in [0, 0.05) is 24.6 Å². The van der Waals surface area contributed by atoms with Crippen molar-refractivity contribution in [2.75, 3.05) is 12.3 Å². The summed E-state index contributed by atoms with van der Waals surface area (Å²) in [6.07, 6.45) is 0.267. The lowest BCUT2D eigenvalue weighted by molar-refractivity contribution is 0.0588. The first-order valence-electron chi connectivity index (χ1n) is 6.20. The molecule has 1 unspecified atom stereocenters. The van der Waals surface area contributed by atoms with Crippen molar-refractivity contribution in [3.05, 3.63) is 35.4 Å². The Kier molecular flexibility index (Phi) is 5.78. The van der Waals surface area contributed by atoms with Gasteiger partial charge >= 0.3 is 0 Å². The first-order chi connectivity index (χ1) is 9.68. The predicted molar refractivity (Wildman–Crippen MR) is 72.6 cm³/mol. The second-order valence-corrected chi connectivity index (χ2v) is 6.73.